The molecule has 0 aliphatic carbocycles. The van der Waals surface area contributed by atoms with E-state index in [0.29, 0.717) is 29.9 Å². The number of benzene rings is 3. The van der Waals surface area contributed by atoms with Crippen molar-refractivity contribution >= 4 is 28.6 Å². The molecule has 1 aromatic heterocycles. The van der Waals surface area contributed by atoms with Crippen LogP contribution >= 0.6 is 11.8 Å². The Morgan fingerprint density at radius 1 is 1.03 bits per heavy atom. The molecule has 4 aromatic rings. The minimum atomic E-state index is -0.759. The van der Waals surface area contributed by atoms with Crippen LogP contribution in [0.4, 0.5) is 0 Å². The molecule has 1 unspecified atom stereocenters. The number of H-pyrrole nitrogens is 1. The zero-order chi connectivity index (χ0) is 26.4. The first-order valence-corrected chi connectivity index (χ1v) is 13.5. The van der Waals surface area contributed by atoms with Gasteiger partial charge in [0.2, 0.25) is 0 Å². The zero-order valence-electron chi connectivity index (χ0n) is 21.0. The van der Waals surface area contributed by atoms with Crippen molar-refractivity contribution < 1.29 is 20.1 Å². The average Bonchev–Trinajstić information content (AvgIpc) is 3.34. The van der Waals surface area contributed by atoms with Crippen molar-refractivity contribution in [2.75, 3.05) is 12.8 Å². The molecule has 0 aliphatic heterocycles. The fourth-order valence-electron chi connectivity index (χ4n) is 4.25. The zero-order valence-corrected chi connectivity index (χ0v) is 21.8. The molecule has 0 bridgehead atoms. The predicted octanol–water partition coefficient (Wildman–Crippen LogP) is 4.27. The summed E-state index contributed by atoms with van der Waals surface area (Å²) in [6, 6.07) is 21.0. The molecule has 3 aromatic carbocycles. The second-order valence-electron chi connectivity index (χ2n) is 9.21. The number of aliphatic hydroxyl groups excluding tert-OH is 2. The van der Waals surface area contributed by atoms with Crippen LogP contribution in [0.25, 0.3) is 10.9 Å². The maximum absolute atomic E-state index is 12.7. The van der Waals surface area contributed by atoms with E-state index in [-0.39, 0.29) is 24.3 Å². The lowest BCUT2D eigenvalue weighted by Gasteiger charge is -2.18. The standard InChI is InChI=1S/C29H33N3O4S/c1-18(30-16-28(35)21-6-10-27(34)23(13-21)17-33)11-20-5-9-25-22(12-20)14-26(32-25)29(36)31-15-19-3-7-24(37-2)8-4-19/h3-10,12-14,18,28,30,32-35H,11,15-17H2,1-2H3,(H,31,36)/t18?,28-/m0/s1. The monoisotopic (exact) mass is 519 g/mol. The highest BCUT2D eigenvalue weighted by molar-refractivity contribution is 7.98. The van der Waals surface area contributed by atoms with Crippen LogP contribution in [0, 0.1) is 0 Å². The molecule has 7 nitrogen and oxygen atoms in total. The molecule has 37 heavy (non-hydrogen) atoms. The molecule has 0 spiro atoms. The topological polar surface area (TPSA) is 118 Å². The van der Waals surface area contributed by atoms with Crippen LogP contribution in [0.2, 0.25) is 0 Å². The lowest BCUT2D eigenvalue weighted by molar-refractivity contribution is 0.0946. The SMILES string of the molecule is CSc1ccc(CNC(=O)c2cc3cc(CC(C)NC[C@H](O)c4ccc(O)c(CO)c4)ccc3[nH]2)cc1. The van der Waals surface area contributed by atoms with Crippen LogP contribution in [-0.2, 0) is 19.6 Å². The third-order valence-corrected chi connectivity index (χ3v) is 7.15. The first-order chi connectivity index (χ1) is 17.9. The Hall–Kier alpha value is -3.30. The van der Waals surface area contributed by atoms with Crippen LogP contribution in [0.15, 0.2) is 71.6 Å². The van der Waals surface area contributed by atoms with Gasteiger partial charge in [-0.2, -0.15) is 0 Å². The quantitative estimate of drug-likeness (QED) is 0.165. The summed E-state index contributed by atoms with van der Waals surface area (Å²) in [5.41, 5.74) is 4.63. The minimum absolute atomic E-state index is 0.0153. The number of rotatable bonds is 11. The summed E-state index contributed by atoms with van der Waals surface area (Å²) < 4.78 is 0. The highest BCUT2D eigenvalue weighted by Crippen LogP contribution is 2.23. The Morgan fingerprint density at radius 3 is 2.51 bits per heavy atom. The van der Waals surface area contributed by atoms with Crippen molar-refractivity contribution in [1.29, 1.82) is 0 Å². The molecule has 1 amide bonds. The lowest BCUT2D eigenvalue weighted by Crippen LogP contribution is -2.32. The number of phenols is 1. The van der Waals surface area contributed by atoms with Crippen LogP contribution < -0.4 is 10.6 Å². The molecule has 194 valence electrons. The maximum Gasteiger partial charge on any atom is 0.267 e. The average molecular weight is 520 g/mol. The van der Waals surface area contributed by atoms with Crippen molar-refractivity contribution in [3.8, 4) is 5.75 Å². The van der Waals surface area contributed by atoms with Gasteiger partial charge < -0.3 is 30.9 Å². The van der Waals surface area contributed by atoms with Gasteiger partial charge >= 0.3 is 0 Å². The normalized spacial score (nSPS) is 13.0. The van der Waals surface area contributed by atoms with Crippen molar-refractivity contribution in [2.45, 2.75) is 43.5 Å². The van der Waals surface area contributed by atoms with Gasteiger partial charge in [-0.05, 0) is 78.8 Å². The summed E-state index contributed by atoms with van der Waals surface area (Å²) in [5, 5.41) is 36.8. The lowest BCUT2D eigenvalue weighted by atomic mass is 10.0. The molecule has 4 rings (SSSR count). The number of hydrogen-bond acceptors (Lipinski definition) is 6. The van der Waals surface area contributed by atoms with E-state index in [0.717, 1.165) is 28.5 Å². The Balaban J connectivity index is 1.32. The highest BCUT2D eigenvalue weighted by atomic mass is 32.2. The summed E-state index contributed by atoms with van der Waals surface area (Å²) in [6.45, 7) is 2.57. The van der Waals surface area contributed by atoms with Crippen LogP contribution in [-0.4, -0.2) is 45.1 Å². The van der Waals surface area contributed by atoms with E-state index in [2.05, 4.69) is 28.6 Å². The maximum atomic E-state index is 12.7. The molecule has 6 N–H and O–H groups in total. The number of carbonyl (C=O) groups is 1. The third-order valence-electron chi connectivity index (χ3n) is 6.40. The van der Waals surface area contributed by atoms with E-state index in [1.807, 2.05) is 48.7 Å². The van der Waals surface area contributed by atoms with Crippen molar-refractivity contribution in [3.05, 3.63) is 94.7 Å². The van der Waals surface area contributed by atoms with Crippen molar-refractivity contribution in [2.24, 2.45) is 0 Å². The number of aromatic nitrogens is 1. The summed E-state index contributed by atoms with van der Waals surface area (Å²) in [6.07, 6.45) is 2.03. The van der Waals surface area contributed by atoms with Gasteiger partial charge in [0.15, 0.2) is 0 Å². The molecule has 0 radical (unpaired) electrons. The second-order valence-corrected chi connectivity index (χ2v) is 10.1. The molecular weight excluding hydrogens is 486 g/mol. The highest BCUT2D eigenvalue weighted by Gasteiger charge is 2.14. The number of fused-ring (bicyclic) bond motifs is 1. The van der Waals surface area contributed by atoms with E-state index >= 15 is 0 Å². The van der Waals surface area contributed by atoms with Gasteiger partial charge in [0.25, 0.3) is 5.91 Å². The van der Waals surface area contributed by atoms with Crippen LogP contribution in [0.5, 0.6) is 5.75 Å². The number of amides is 1. The molecule has 0 aliphatic rings. The fourth-order valence-corrected chi connectivity index (χ4v) is 4.66. The number of aromatic amines is 1. The van der Waals surface area contributed by atoms with Gasteiger partial charge in [0.1, 0.15) is 11.4 Å². The first-order valence-electron chi connectivity index (χ1n) is 12.2. The molecule has 1 heterocycles. The number of carbonyl (C=O) groups excluding carboxylic acids is 1. The van der Waals surface area contributed by atoms with Crippen LogP contribution in [0.3, 0.4) is 0 Å². The number of hydrogen-bond donors (Lipinski definition) is 6. The fraction of sp³-hybridized carbons (Fsp3) is 0.276. The van der Waals surface area contributed by atoms with E-state index < -0.39 is 6.10 Å². The van der Waals surface area contributed by atoms with Crippen molar-refractivity contribution in [1.82, 2.24) is 15.6 Å². The molecular formula is C29H33N3O4S. The van der Waals surface area contributed by atoms with Gasteiger partial charge in [-0.3, -0.25) is 4.79 Å². The Kier molecular flexibility index (Phi) is 8.89. The van der Waals surface area contributed by atoms with Gasteiger partial charge in [-0.25, -0.2) is 0 Å². The first kappa shape index (κ1) is 26.8. The number of aromatic hydroxyl groups is 1. The predicted molar refractivity (Wildman–Crippen MR) is 148 cm³/mol. The van der Waals surface area contributed by atoms with Gasteiger partial charge in [0.05, 0.1) is 12.7 Å². The van der Waals surface area contributed by atoms with E-state index in [4.69, 9.17) is 0 Å². The van der Waals surface area contributed by atoms with Crippen molar-refractivity contribution in [3.63, 3.8) is 0 Å². The van der Waals surface area contributed by atoms with E-state index in [1.54, 1.807) is 23.9 Å². The minimum Gasteiger partial charge on any atom is -0.508 e. The number of thioether (sulfide) groups is 1. The second kappa shape index (κ2) is 12.3. The summed E-state index contributed by atoms with van der Waals surface area (Å²) in [4.78, 5) is 17.1. The van der Waals surface area contributed by atoms with E-state index in [9.17, 15) is 20.1 Å². The summed E-state index contributed by atoms with van der Waals surface area (Å²) in [7, 11) is 0. The van der Waals surface area contributed by atoms with E-state index in [1.165, 1.54) is 11.0 Å². The number of nitrogens with one attached hydrogen (secondary N) is 3. The van der Waals surface area contributed by atoms with Gasteiger partial charge in [-0.1, -0.05) is 24.3 Å². The largest absolute Gasteiger partial charge is 0.508 e. The Morgan fingerprint density at radius 2 is 1.78 bits per heavy atom. The Bertz CT molecular complexity index is 1350. The molecule has 2 atom stereocenters. The summed E-state index contributed by atoms with van der Waals surface area (Å²) in [5.74, 6) is -0.129. The molecule has 0 saturated heterocycles. The number of aliphatic hydroxyl groups is 2. The smallest absolute Gasteiger partial charge is 0.267 e. The molecule has 8 heteroatoms. The molecule has 0 saturated carbocycles. The summed E-state index contributed by atoms with van der Waals surface area (Å²) >= 11 is 1.69. The van der Waals surface area contributed by atoms with Gasteiger partial charge in [-0.15, -0.1) is 11.8 Å². The molecule has 0 fully saturated rings. The Labute approximate surface area is 220 Å². The third kappa shape index (κ3) is 6.93. The van der Waals surface area contributed by atoms with Gasteiger partial charge in [0, 0.05) is 40.5 Å². The van der Waals surface area contributed by atoms with Crippen LogP contribution in [0.1, 0.15) is 45.8 Å².